The van der Waals surface area contributed by atoms with Gasteiger partial charge in [0.05, 0.1) is 0 Å². The van der Waals surface area contributed by atoms with Gasteiger partial charge in [0.25, 0.3) is 6.43 Å². The minimum absolute atomic E-state index is 0.0376. The zero-order valence-electron chi connectivity index (χ0n) is 8.44. The average Bonchev–Trinajstić information content (AvgIpc) is 2.46. The Morgan fingerprint density at radius 3 is 2.60 bits per heavy atom. The Hall–Kier alpha value is -1.46. The molecule has 4 nitrogen and oxygen atoms in total. The van der Waals surface area contributed by atoms with Gasteiger partial charge < -0.3 is 5.11 Å². The van der Waals surface area contributed by atoms with Crippen molar-refractivity contribution < 1.29 is 18.7 Å². The number of hydrogen-bond acceptors (Lipinski definition) is 2. The Kier molecular flexibility index (Phi) is 3.39. The average molecular weight is 218 g/mol. The van der Waals surface area contributed by atoms with Crippen molar-refractivity contribution >= 4 is 5.97 Å². The molecule has 84 valence electrons. The maximum atomic E-state index is 12.3. The molecule has 1 N–H and O–H groups in total. The highest BCUT2D eigenvalue weighted by Crippen LogP contribution is 2.22. The van der Waals surface area contributed by atoms with E-state index in [9.17, 15) is 13.6 Å². The summed E-state index contributed by atoms with van der Waals surface area (Å²) in [5, 5.41) is 12.1. The fourth-order valence-electron chi connectivity index (χ4n) is 1.28. The smallest absolute Gasteiger partial charge is 0.325 e. The molecule has 1 heterocycles. The molecule has 1 rings (SSSR count). The van der Waals surface area contributed by atoms with Crippen molar-refractivity contribution in [3.8, 4) is 0 Å². The normalized spacial score (nSPS) is 11.3. The van der Waals surface area contributed by atoms with Crippen LogP contribution in [0.2, 0.25) is 0 Å². The Morgan fingerprint density at radius 2 is 2.20 bits per heavy atom. The number of carboxylic acid groups (broad SMARTS) is 1. The first kappa shape index (κ1) is 11.6. The van der Waals surface area contributed by atoms with Gasteiger partial charge in [0.2, 0.25) is 0 Å². The highest BCUT2D eigenvalue weighted by atomic mass is 19.3. The number of rotatable bonds is 4. The number of aromatic nitrogens is 2. The van der Waals surface area contributed by atoms with E-state index in [1.54, 1.807) is 13.8 Å². The summed E-state index contributed by atoms with van der Waals surface area (Å²) in [6.07, 6.45) is -2.67. The third-order valence-electron chi connectivity index (χ3n) is 1.93. The van der Waals surface area contributed by atoms with E-state index in [2.05, 4.69) is 5.10 Å². The van der Waals surface area contributed by atoms with Crippen molar-refractivity contribution in [3.63, 3.8) is 0 Å². The highest BCUT2D eigenvalue weighted by Gasteiger charge is 2.18. The van der Waals surface area contributed by atoms with Gasteiger partial charge in [0.15, 0.2) is 0 Å². The van der Waals surface area contributed by atoms with Crippen LogP contribution in [0.3, 0.4) is 0 Å². The molecule has 0 aliphatic heterocycles. The first-order valence-corrected chi connectivity index (χ1v) is 4.49. The zero-order chi connectivity index (χ0) is 11.6. The summed E-state index contributed by atoms with van der Waals surface area (Å²) in [4.78, 5) is 10.5. The summed E-state index contributed by atoms with van der Waals surface area (Å²) < 4.78 is 25.8. The van der Waals surface area contributed by atoms with Crippen LogP contribution in [0.1, 0.15) is 37.6 Å². The van der Waals surface area contributed by atoms with E-state index < -0.39 is 12.4 Å². The monoisotopic (exact) mass is 218 g/mol. The molecule has 0 unspecified atom stereocenters. The standard InChI is InChI=1S/C9H12F2N2O2/c1-5(2)7-3-6(9(10)11)12-13(7)4-8(14)15/h3,5,9H,4H2,1-2H3,(H,14,15). The SMILES string of the molecule is CC(C)c1cc(C(F)F)nn1CC(=O)O. The van der Waals surface area contributed by atoms with Gasteiger partial charge in [-0.3, -0.25) is 9.48 Å². The van der Waals surface area contributed by atoms with Crippen LogP contribution in [0, 0.1) is 0 Å². The molecule has 6 heteroatoms. The van der Waals surface area contributed by atoms with Crippen molar-refractivity contribution in [1.82, 2.24) is 9.78 Å². The topological polar surface area (TPSA) is 55.1 Å². The third-order valence-corrected chi connectivity index (χ3v) is 1.93. The minimum atomic E-state index is -2.67. The second kappa shape index (κ2) is 4.37. The second-order valence-electron chi connectivity index (χ2n) is 3.50. The molecular formula is C9H12F2N2O2. The van der Waals surface area contributed by atoms with Gasteiger partial charge >= 0.3 is 5.97 Å². The number of carbonyl (C=O) groups is 1. The van der Waals surface area contributed by atoms with Crippen LogP contribution in [0.15, 0.2) is 6.07 Å². The van der Waals surface area contributed by atoms with Crippen molar-refractivity contribution in [2.24, 2.45) is 0 Å². The predicted octanol–water partition coefficient (Wildman–Crippen LogP) is 2.03. The van der Waals surface area contributed by atoms with Gasteiger partial charge in [0, 0.05) is 5.69 Å². The largest absolute Gasteiger partial charge is 0.480 e. The Bertz CT molecular complexity index is 361. The molecule has 0 aliphatic carbocycles. The van der Waals surface area contributed by atoms with Crippen molar-refractivity contribution in [3.05, 3.63) is 17.5 Å². The quantitative estimate of drug-likeness (QED) is 0.841. The van der Waals surface area contributed by atoms with Gasteiger partial charge in [-0.05, 0) is 12.0 Å². The van der Waals surface area contributed by atoms with Gasteiger partial charge in [0.1, 0.15) is 12.2 Å². The number of aliphatic carboxylic acids is 1. The number of hydrogen-bond donors (Lipinski definition) is 1. The van der Waals surface area contributed by atoms with E-state index in [1.165, 1.54) is 6.07 Å². The Morgan fingerprint density at radius 1 is 1.60 bits per heavy atom. The fourth-order valence-corrected chi connectivity index (χ4v) is 1.28. The lowest BCUT2D eigenvalue weighted by Gasteiger charge is -2.06. The second-order valence-corrected chi connectivity index (χ2v) is 3.50. The molecule has 1 aromatic rings. The highest BCUT2D eigenvalue weighted by molar-refractivity contribution is 5.66. The molecule has 0 saturated carbocycles. The van der Waals surface area contributed by atoms with Gasteiger partial charge in [-0.1, -0.05) is 13.8 Å². The molecule has 0 amide bonds. The first-order chi connectivity index (χ1) is 6.91. The van der Waals surface area contributed by atoms with Crippen molar-refractivity contribution in [2.75, 3.05) is 0 Å². The molecule has 0 bridgehead atoms. The van der Waals surface area contributed by atoms with Crippen LogP contribution in [0.25, 0.3) is 0 Å². The summed E-state index contributed by atoms with van der Waals surface area (Å²) in [6.45, 7) is 3.20. The van der Waals surface area contributed by atoms with E-state index >= 15 is 0 Å². The molecule has 0 aliphatic rings. The molecule has 0 saturated heterocycles. The van der Waals surface area contributed by atoms with Gasteiger partial charge in [-0.2, -0.15) is 5.10 Å². The maximum Gasteiger partial charge on any atom is 0.325 e. The number of alkyl halides is 2. The lowest BCUT2D eigenvalue weighted by Crippen LogP contribution is -2.13. The third kappa shape index (κ3) is 2.74. The lowest BCUT2D eigenvalue weighted by molar-refractivity contribution is -0.137. The molecule has 0 spiro atoms. The van der Waals surface area contributed by atoms with E-state index in [1.807, 2.05) is 0 Å². The zero-order valence-corrected chi connectivity index (χ0v) is 8.44. The van der Waals surface area contributed by atoms with Crippen molar-refractivity contribution in [2.45, 2.75) is 32.7 Å². The molecule has 15 heavy (non-hydrogen) atoms. The molecule has 0 atom stereocenters. The summed E-state index contributed by atoms with van der Waals surface area (Å²) in [6, 6.07) is 1.25. The maximum absolute atomic E-state index is 12.3. The molecule has 0 fully saturated rings. The van der Waals surface area contributed by atoms with Crippen LogP contribution in [0.4, 0.5) is 8.78 Å². The summed E-state index contributed by atoms with van der Waals surface area (Å²) in [5.74, 6) is -1.13. The predicted molar refractivity (Wildman–Crippen MR) is 48.9 cm³/mol. The summed E-state index contributed by atoms with van der Waals surface area (Å²) >= 11 is 0. The van der Waals surface area contributed by atoms with Gasteiger partial charge in [-0.15, -0.1) is 0 Å². The van der Waals surface area contributed by atoms with Crippen LogP contribution in [0.5, 0.6) is 0 Å². The number of halogens is 2. The van der Waals surface area contributed by atoms with Crippen LogP contribution >= 0.6 is 0 Å². The summed E-state index contributed by atoms with van der Waals surface area (Å²) in [7, 11) is 0. The van der Waals surface area contributed by atoms with E-state index in [0.29, 0.717) is 5.69 Å². The van der Waals surface area contributed by atoms with Crippen LogP contribution < -0.4 is 0 Å². The molecule has 1 aromatic heterocycles. The molecule has 0 radical (unpaired) electrons. The first-order valence-electron chi connectivity index (χ1n) is 4.49. The molecular weight excluding hydrogens is 206 g/mol. The molecule has 0 aromatic carbocycles. The van der Waals surface area contributed by atoms with E-state index in [-0.39, 0.29) is 18.2 Å². The Balaban J connectivity index is 3.05. The van der Waals surface area contributed by atoms with Crippen LogP contribution in [-0.2, 0) is 11.3 Å². The van der Waals surface area contributed by atoms with Crippen molar-refractivity contribution in [1.29, 1.82) is 0 Å². The summed E-state index contributed by atoms with van der Waals surface area (Å²) in [5.41, 5.74) is 0.132. The Labute approximate surface area is 85.5 Å². The van der Waals surface area contributed by atoms with Gasteiger partial charge in [-0.25, -0.2) is 8.78 Å². The van der Waals surface area contributed by atoms with E-state index in [4.69, 9.17) is 5.11 Å². The fraction of sp³-hybridized carbons (Fsp3) is 0.556. The number of nitrogens with zero attached hydrogens (tertiary/aromatic N) is 2. The lowest BCUT2D eigenvalue weighted by atomic mass is 10.1. The van der Waals surface area contributed by atoms with Crippen LogP contribution in [-0.4, -0.2) is 20.9 Å². The number of carboxylic acids is 1. The minimum Gasteiger partial charge on any atom is -0.480 e. The van der Waals surface area contributed by atoms with E-state index in [0.717, 1.165) is 4.68 Å².